The van der Waals surface area contributed by atoms with Crippen LogP contribution in [0.25, 0.3) is 11.0 Å². The molecular weight excluding hydrogens is 492 g/mol. The van der Waals surface area contributed by atoms with Crippen molar-refractivity contribution < 1.29 is 14.7 Å². The molecule has 3 heterocycles. The van der Waals surface area contributed by atoms with Crippen molar-refractivity contribution >= 4 is 22.7 Å². The Morgan fingerprint density at radius 1 is 0.974 bits per heavy atom. The van der Waals surface area contributed by atoms with Gasteiger partial charge in [0.2, 0.25) is 0 Å². The summed E-state index contributed by atoms with van der Waals surface area (Å²) in [6.45, 7) is 2.44. The smallest absolute Gasteiger partial charge is 0.303 e. The Bertz CT molecular complexity index is 1270. The second-order valence-corrected chi connectivity index (χ2v) is 12.7. The van der Waals surface area contributed by atoms with Gasteiger partial charge >= 0.3 is 5.97 Å². The third kappa shape index (κ3) is 5.24. The zero-order valence-corrected chi connectivity index (χ0v) is 23.3. The minimum absolute atomic E-state index is 0.0853. The summed E-state index contributed by atoms with van der Waals surface area (Å²) in [7, 11) is 1.41. The zero-order chi connectivity index (χ0) is 27.1. The molecule has 2 aliphatic carbocycles. The van der Waals surface area contributed by atoms with E-state index in [-0.39, 0.29) is 30.1 Å². The van der Waals surface area contributed by atoms with E-state index in [0.717, 1.165) is 41.6 Å². The number of aliphatic carboxylic acids is 1. The number of fused-ring (bicyclic) bond motifs is 5. The third-order valence-corrected chi connectivity index (χ3v) is 9.99. The van der Waals surface area contributed by atoms with Crippen LogP contribution in [0.4, 0.5) is 0 Å². The molecule has 1 aromatic carbocycles. The van der Waals surface area contributed by atoms with Gasteiger partial charge in [-0.05, 0) is 87.7 Å². The van der Waals surface area contributed by atoms with Gasteiger partial charge in [-0.15, -0.1) is 0 Å². The topological polar surface area (TPSA) is 97.0 Å². The molecular formula is C31H42N4O4. The molecule has 4 fully saturated rings. The fourth-order valence-electron chi connectivity index (χ4n) is 8.84. The van der Waals surface area contributed by atoms with Gasteiger partial charge in [0.15, 0.2) is 5.69 Å². The minimum Gasteiger partial charge on any atom is -0.481 e. The molecule has 2 aromatic rings. The third-order valence-electron chi connectivity index (χ3n) is 9.99. The Labute approximate surface area is 230 Å². The molecule has 8 nitrogen and oxygen atoms in total. The summed E-state index contributed by atoms with van der Waals surface area (Å²) < 4.78 is 1.96. The summed E-state index contributed by atoms with van der Waals surface area (Å²) in [5, 5.41) is 13.3. The summed E-state index contributed by atoms with van der Waals surface area (Å²) in [6.07, 6.45) is 12.5. The van der Waals surface area contributed by atoms with Crippen LogP contribution >= 0.6 is 0 Å². The summed E-state index contributed by atoms with van der Waals surface area (Å²) in [5.41, 5.74) is 1.89. The number of oxime groups is 1. The highest BCUT2D eigenvalue weighted by Crippen LogP contribution is 2.48. The van der Waals surface area contributed by atoms with E-state index in [1.165, 1.54) is 58.5 Å². The van der Waals surface area contributed by atoms with Crippen LogP contribution in [-0.4, -0.2) is 56.5 Å². The maximum atomic E-state index is 14.1. The van der Waals surface area contributed by atoms with Crippen LogP contribution in [0.2, 0.25) is 0 Å². The van der Waals surface area contributed by atoms with E-state index < -0.39 is 5.97 Å². The zero-order valence-electron chi connectivity index (χ0n) is 23.3. The number of para-hydroxylation sites is 2. The number of aromatic nitrogens is 2. The number of nitrogens with zero attached hydrogens (tertiary/aromatic N) is 4. The van der Waals surface area contributed by atoms with Gasteiger partial charge in [0.1, 0.15) is 12.8 Å². The van der Waals surface area contributed by atoms with E-state index in [9.17, 15) is 14.7 Å². The first-order chi connectivity index (χ1) is 18.9. The van der Waals surface area contributed by atoms with Crippen molar-refractivity contribution in [2.75, 3.05) is 7.11 Å². The predicted octanol–water partition coefficient (Wildman–Crippen LogP) is 5.38. The number of carbonyl (C=O) groups is 1. The molecule has 210 valence electrons. The molecule has 39 heavy (non-hydrogen) atoms. The number of rotatable bonds is 7. The lowest BCUT2D eigenvalue weighted by Crippen LogP contribution is -2.59. The standard InChI is InChI=1S/C31H42N4O4/c1-19-12-20-14-21(13-19)16-24(15-20)34-22-6-5-7-23(34)18-25(17-22)35-28-9-4-3-8-26(28)32-30(31(35)38)27(33-39-2)10-11-29(36)37/h3-4,8-9,19-25H,5-7,10-18H2,1-2H3,(H,36,37)/b33-27+/t19-,20+,21-,22-,23+,24?,25?. The molecule has 4 bridgehead atoms. The fourth-order valence-corrected chi connectivity index (χ4v) is 8.84. The highest BCUT2D eigenvalue weighted by Gasteiger charge is 2.46. The average Bonchev–Trinajstić information content (AvgIpc) is 2.89. The Hall–Kier alpha value is -2.74. The van der Waals surface area contributed by atoms with Gasteiger partial charge < -0.3 is 14.5 Å². The molecule has 0 spiro atoms. The molecule has 6 rings (SSSR count). The van der Waals surface area contributed by atoms with E-state index in [2.05, 4.69) is 22.0 Å². The van der Waals surface area contributed by atoms with E-state index >= 15 is 0 Å². The lowest BCUT2D eigenvalue weighted by molar-refractivity contribution is -0.136. The first kappa shape index (κ1) is 26.5. The van der Waals surface area contributed by atoms with E-state index in [1.54, 1.807) is 0 Å². The minimum atomic E-state index is -0.943. The summed E-state index contributed by atoms with van der Waals surface area (Å²) in [6, 6.07) is 9.59. The maximum Gasteiger partial charge on any atom is 0.303 e. The van der Waals surface area contributed by atoms with E-state index in [4.69, 9.17) is 4.84 Å². The maximum absolute atomic E-state index is 14.1. The Balaban J connectivity index is 1.33. The summed E-state index contributed by atoms with van der Waals surface area (Å²) in [4.78, 5) is 38.0. The molecule has 1 aromatic heterocycles. The van der Waals surface area contributed by atoms with Crippen molar-refractivity contribution in [3.8, 4) is 0 Å². The Kier molecular flexibility index (Phi) is 7.49. The van der Waals surface area contributed by atoms with E-state index in [1.807, 2.05) is 28.8 Å². The lowest BCUT2D eigenvalue weighted by Gasteiger charge is -2.55. The molecule has 4 aliphatic rings. The van der Waals surface area contributed by atoms with Crippen LogP contribution in [-0.2, 0) is 9.63 Å². The molecule has 0 amide bonds. The van der Waals surface area contributed by atoms with Gasteiger partial charge in [0, 0.05) is 30.6 Å². The van der Waals surface area contributed by atoms with Crippen LogP contribution in [0.1, 0.15) is 95.7 Å². The first-order valence-electron chi connectivity index (χ1n) is 15.0. The van der Waals surface area contributed by atoms with Gasteiger partial charge in [-0.3, -0.25) is 14.5 Å². The second kappa shape index (κ2) is 11.0. The van der Waals surface area contributed by atoms with Crippen molar-refractivity contribution in [2.24, 2.45) is 22.9 Å². The molecule has 7 atom stereocenters. The van der Waals surface area contributed by atoms with Crippen LogP contribution in [0.5, 0.6) is 0 Å². The highest BCUT2D eigenvalue weighted by atomic mass is 16.6. The number of piperidine rings is 2. The van der Waals surface area contributed by atoms with Crippen LogP contribution in [0.3, 0.4) is 0 Å². The van der Waals surface area contributed by atoms with Gasteiger partial charge in [-0.1, -0.05) is 30.6 Å². The Morgan fingerprint density at radius 3 is 2.33 bits per heavy atom. The second-order valence-electron chi connectivity index (χ2n) is 12.7. The quantitative estimate of drug-likeness (QED) is 0.378. The summed E-state index contributed by atoms with van der Waals surface area (Å²) >= 11 is 0. The number of hydrogen-bond acceptors (Lipinski definition) is 6. The van der Waals surface area contributed by atoms with Gasteiger partial charge in [-0.25, -0.2) is 4.98 Å². The largest absolute Gasteiger partial charge is 0.481 e. The predicted molar refractivity (Wildman–Crippen MR) is 151 cm³/mol. The highest BCUT2D eigenvalue weighted by molar-refractivity contribution is 6.00. The van der Waals surface area contributed by atoms with E-state index in [0.29, 0.717) is 23.8 Å². The van der Waals surface area contributed by atoms with Crippen LogP contribution in [0.15, 0.2) is 34.2 Å². The van der Waals surface area contributed by atoms with Crippen molar-refractivity contribution in [1.29, 1.82) is 0 Å². The molecule has 1 N–H and O–H groups in total. The Morgan fingerprint density at radius 2 is 1.67 bits per heavy atom. The molecule has 8 heteroatoms. The summed E-state index contributed by atoms with van der Waals surface area (Å²) in [5.74, 6) is 1.70. The van der Waals surface area contributed by atoms with Crippen LogP contribution < -0.4 is 5.56 Å². The van der Waals surface area contributed by atoms with Crippen molar-refractivity contribution in [3.63, 3.8) is 0 Å². The van der Waals surface area contributed by atoms with Crippen molar-refractivity contribution in [2.45, 2.75) is 108 Å². The first-order valence-corrected chi connectivity index (χ1v) is 15.0. The number of carboxylic acid groups (broad SMARTS) is 1. The lowest BCUT2D eigenvalue weighted by atomic mass is 9.65. The molecule has 2 aliphatic heterocycles. The van der Waals surface area contributed by atoms with Gasteiger partial charge in [0.25, 0.3) is 5.56 Å². The molecule has 2 saturated carbocycles. The molecule has 0 radical (unpaired) electrons. The normalized spacial score (nSPS) is 33.2. The van der Waals surface area contributed by atoms with Gasteiger partial charge in [0.05, 0.1) is 17.5 Å². The molecule has 2 saturated heterocycles. The van der Waals surface area contributed by atoms with Crippen molar-refractivity contribution in [3.05, 3.63) is 40.3 Å². The van der Waals surface area contributed by atoms with Crippen LogP contribution in [0, 0.1) is 17.8 Å². The average molecular weight is 535 g/mol. The SMILES string of the molecule is CO/N=C(\CCC(=O)O)c1nc2ccccc2n(C2C[C@H]3CCC[C@@H](C2)N3C2C[C@@H]3C[C@H](C)C[C@H](C2)C3)c1=O. The fraction of sp³-hybridized carbons (Fsp3) is 0.677. The number of benzene rings is 1. The van der Waals surface area contributed by atoms with Crippen molar-refractivity contribution in [1.82, 2.24) is 14.5 Å². The number of carboxylic acids is 1. The number of hydrogen-bond donors (Lipinski definition) is 1. The monoisotopic (exact) mass is 534 g/mol. The van der Waals surface area contributed by atoms with Gasteiger partial charge in [-0.2, -0.15) is 0 Å². The molecule has 2 unspecified atom stereocenters.